The number of likely N-dealkylation sites (N-methyl/N-ethyl adjacent to an activating group) is 1. The summed E-state index contributed by atoms with van der Waals surface area (Å²) < 4.78 is 6.48. The van der Waals surface area contributed by atoms with E-state index in [1.54, 1.807) is 11.3 Å². The van der Waals surface area contributed by atoms with E-state index in [9.17, 15) is 4.79 Å². The SMILES string of the molecule is CN1C(=O)C[C@H](c2ccccc2)[C@@H]1[C@H](OCCCc1ccccc1)c1cccs1. The Morgan fingerprint density at radius 2 is 1.76 bits per heavy atom. The molecule has 1 aliphatic heterocycles. The quantitative estimate of drug-likeness (QED) is 0.466. The molecule has 0 N–H and O–H groups in total. The Morgan fingerprint density at radius 1 is 1.03 bits per heavy atom. The monoisotopic (exact) mass is 405 g/mol. The summed E-state index contributed by atoms with van der Waals surface area (Å²) in [4.78, 5) is 15.7. The van der Waals surface area contributed by atoms with Gasteiger partial charge in [0.1, 0.15) is 6.10 Å². The third-order valence-corrected chi connectivity index (χ3v) is 6.69. The van der Waals surface area contributed by atoms with Crippen LogP contribution in [0.3, 0.4) is 0 Å². The van der Waals surface area contributed by atoms with Crippen LogP contribution in [0.4, 0.5) is 0 Å². The lowest BCUT2D eigenvalue weighted by Gasteiger charge is -2.32. The first kappa shape index (κ1) is 19.9. The summed E-state index contributed by atoms with van der Waals surface area (Å²) in [6, 6.07) is 25.1. The molecule has 1 saturated heterocycles. The summed E-state index contributed by atoms with van der Waals surface area (Å²) in [5.74, 6) is 0.341. The highest BCUT2D eigenvalue weighted by atomic mass is 32.1. The number of benzene rings is 2. The van der Waals surface area contributed by atoms with Gasteiger partial charge >= 0.3 is 0 Å². The normalized spacial score (nSPS) is 20.2. The Labute approximate surface area is 176 Å². The van der Waals surface area contributed by atoms with E-state index >= 15 is 0 Å². The van der Waals surface area contributed by atoms with Crippen LogP contribution >= 0.6 is 11.3 Å². The second-order valence-electron chi connectivity index (χ2n) is 7.61. The van der Waals surface area contributed by atoms with E-state index in [1.807, 2.05) is 24.1 Å². The average molecular weight is 406 g/mol. The largest absolute Gasteiger partial charge is 0.370 e. The van der Waals surface area contributed by atoms with Crippen molar-refractivity contribution in [3.05, 3.63) is 94.2 Å². The number of hydrogen-bond donors (Lipinski definition) is 0. The summed E-state index contributed by atoms with van der Waals surface area (Å²) in [6.45, 7) is 0.678. The highest BCUT2D eigenvalue weighted by Crippen LogP contribution is 2.42. The number of nitrogens with zero attached hydrogens (tertiary/aromatic N) is 1. The first-order valence-electron chi connectivity index (χ1n) is 10.2. The highest BCUT2D eigenvalue weighted by Gasteiger charge is 2.44. The predicted octanol–water partition coefficient (Wildman–Crippen LogP) is 5.45. The summed E-state index contributed by atoms with van der Waals surface area (Å²) in [5.41, 5.74) is 2.55. The van der Waals surface area contributed by atoms with Gasteiger partial charge in [-0.1, -0.05) is 66.7 Å². The Hall–Kier alpha value is -2.43. The summed E-state index contributed by atoms with van der Waals surface area (Å²) in [6.07, 6.45) is 2.40. The molecule has 1 aliphatic rings. The van der Waals surface area contributed by atoms with E-state index in [4.69, 9.17) is 4.74 Å². The minimum Gasteiger partial charge on any atom is -0.370 e. The number of thiophene rings is 1. The van der Waals surface area contributed by atoms with Crippen LogP contribution < -0.4 is 0 Å². The van der Waals surface area contributed by atoms with Crippen molar-refractivity contribution in [2.45, 2.75) is 37.3 Å². The first-order chi connectivity index (χ1) is 14.2. The number of amides is 1. The van der Waals surface area contributed by atoms with Crippen LogP contribution in [0.1, 0.15) is 40.9 Å². The molecular formula is C25H27NO2S. The van der Waals surface area contributed by atoms with Crippen LogP contribution in [0.15, 0.2) is 78.2 Å². The topological polar surface area (TPSA) is 29.5 Å². The van der Waals surface area contributed by atoms with Crippen molar-refractivity contribution in [1.82, 2.24) is 4.90 Å². The van der Waals surface area contributed by atoms with E-state index < -0.39 is 0 Å². The molecule has 3 atom stereocenters. The molecule has 1 fully saturated rings. The van der Waals surface area contributed by atoms with E-state index in [0.717, 1.165) is 12.8 Å². The smallest absolute Gasteiger partial charge is 0.223 e. The van der Waals surface area contributed by atoms with Crippen molar-refractivity contribution in [3.63, 3.8) is 0 Å². The van der Waals surface area contributed by atoms with Gasteiger partial charge in [-0.2, -0.15) is 0 Å². The molecule has 3 nitrogen and oxygen atoms in total. The summed E-state index contributed by atoms with van der Waals surface area (Å²) in [5, 5.41) is 2.09. The summed E-state index contributed by atoms with van der Waals surface area (Å²) >= 11 is 1.71. The molecule has 4 rings (SSSR count). The van der Waals surface area contributed by atoms with Gasteiger partial charge in [0.15, 0.2) is 0 Å². The highest BCUT2D eigenvalue weighted by molar-refractivity contribution is 7.10. The molecular weight excluding hydrogens is 378 g/mol. The molecule has 150 valence electrons. The van der Waals surface area contributed by atoms with Gasteiger partial charge < -0.3 is 9.64 Å². The lowest BCUT2D eigenvalue weighted by Crippen LogP contribution is -2.37. The fourth-order valence-electron chi connectivity index (χ4n) is 4.25. The zero-order chi connectivity index (χ0) is 20.1. The van der Waals surface area contributed by atoms with E-state index in [1.165, 1.54) is 16.0 Å². The zero-order valence-electron chi connectivity index (χ0n) is 16.7. The molecule has 0 spiro atoms. The third-order valence-electron chi connectivity index (χ3n) is 5.76. The van der Waals surface area contributed by atoms with Gasteiger partial charge in [0.05, 0.1) is 6.04 Å². The maximum absolute atomic E-state index is 12.6. The Balaban J connectivity index is 1.51. The van der Waals surface area contributed by atoms with E-state index in [-0.39, 0.29) is 24.0 Å². The fraction of sp³-hybridized carbons (Fsp3) is 0.320. The molecule has 0 unspecified atom stereocenters. The van der Waals surface area contributed by atoms with Crippen LogP contribution in [0.25, 0.3) is 0 Å². The first-order valence-corrected chi connectivity index (χ1v) is 11.1. The molecule has 4 heteroatoms. The van der Waals surface area contributed by atoms with Crippen molar-refractivity contribution in [1.29, 1.82) is 0 Å². The van der Waals surface area contributed by atoms with Crippen LogP contribution in [0, 0.1) is 0 Å². The third kappa shape index (κ3) is 4.60. The Kier molecular flexibility index (Phi) is 6.43. The van der Waals surface area contributed by atoms with Crippen LogP contribution in [-0.4, -0.2) is 30.5 Å². The number of aryl methyl sites for hydroxylation is 1. The predicted molar refractivity (Wildman–Crippen MR) is 118 cm³/mol. The van der Waals surface area contributed by atoms with E-state index in [0.29, 0.717) is 13.0 Å². The maximum Gasteiger partial charge on any atom is 0.223 e. The molecule has 29 heavy (non-hydrogen) atoms. The minimum absolute atomic E-state index is 0.0141. The second kappa shape index (κ2) is 9.38. The molecule has 1 amide bonds. The van der Waals surface area contributed by atoms with Gasteiger partial charge in [-0.15, -0.1) is 11.3 Å². The summed E-state index contributed by atoms with van der Waals surface area (Å²) in [7, 11) is 1.92. The van der Waals surface area contributed by atoms with Crippen LogP contribution in [0.2, 0.25) is 0 Å². The molecule has 0 saturated carbocycles. The standard InChI is InChI=1S/C25H27NO2S/c1-26-23(27)18-21(20-13-6-3-7-14-20)24(26)25(22-15-9-17-29-22)28-16-8-12-19-10-4-2-5-11-19/h2-7,9-11,13-15,17,21,24-25H,8,12,16,18H2,1H3/t21-,24-,25-/m1/s1. The molecule has 2 heterocycles. The number of carbonyl (C=O) groups is 1. The van der Waals surface area contributed by atoms with Gasteiger partial charge in [-0.3, -0.25) is 4.79 Å². The maximum atomic E-state index is 12.6. The second-order valence-corrected chi connectivity index (χ2v) is 8.59. The van der Waals surface area contributed by atoms with Crippen LogP contribution in [0.5, 0.6) is 0 Å². The molecule has 0 aliphatic carbocycles. The lowest BCUT2D eigenvalue weighted by molar-refractivity contribution is -0.129. The molecule has 2 aromatic carbocycles. The Bertz CT molecular complexity index is 895. The van der Waals surface area contributed by atoms with Crippen molar-refractivity contribution in [3.8, 4) is 0 Å². The molecule has 0 radical (unpaired) electrons. The van der Waals surface area contributed by atoms with Gasteiger partial charge in [-0.05, 0) is 35.4 Å². The van der Waals surface area contributed by atoms with Gasteiger partial charge in [-0.25, -0.2) is 0 Å². The van der Waals surface area contributed by atoms with Crippen molar-refractivity contribution < 1.29 is 9.53 Å². The fourth-order valence-corrected chi connectivity index (χ4v) is 5.06. The number of carbonyl (C=O) groups excluding carboxylic acids is 1. The van der Waals surface area contributed by atoms with Gasteiger partial charge in [0.25, 0.3) is 0 Å². The van der Waals surface area contributed by atoms with Gasteiger partial charge in [0, 0.05) is 30.9 Å². The number of rotatable bonds is 8. The Morgan fingerprint density at radius 3 is 2.45 bits per heavy atom. The number of ether oxygens (including phenoxy) is 1. The number of hydrogen-bond acceptors (Lipinski definition) is 3. The average Bonchev–Trinajstić information content (AvgIpc) is 3.39. The molecule has 1 aromatic heterocycles. The molecule has 0 bridgehead atoms. The van der Waals surface area contributed by atoms with Gasteiger partial charge in [0.2, 0.25) is 5.91 Å². The zero-order valence-corrected chi connectivity index (χ0v) is 17.6. The van der Waals surface area contributed by atoms with Crippen molar-refractivity contribution in [2.75, 3.05) is 13.7 Å². The number of likely N-dealkylation sites (tertiary alicyclic amines) is 1. The van der Waals surface area contributed by atoms with Crippen molar-refractivity contribution >= 4 is 17.2 Å². The van der Waals surface area contributed by atoms with E-state index in [2.05, 4.69) is 66.0 Å². The minimum atomic E-state index is -0.104. The van der Waals surface area contributed by atoms with Crippen LogP contribution in [-0.2, 0) is 16.0 Å². The lowest BCUT2D eigenvalue weighted by atomic mass is 9.88. The van der Waals surface area contributed by atoms with Crippen molar-refractivity contribution in [2.24, 2.45) is 0 Å². The molecule has 3 aromatic rings.